The predicted molar refractivity (Wildman–Crippen MR) is 102 cm³/mol. The van der Waals surface area contributed by atoms with Gasteiger partial charge in [-0.1, -0.05) is 29.8 Å². The molecule has 3 amide bonds. The minimum Gasteiger partial charge on any atom is -0.468 e. The highest BCUT2D eigenvalue weighted by atomic mass is 32.2. The lowest BCUT2D eigenvalue weighted by Crippen LogP contribution is -2.61. The van der Waals surface area contributed by atoms with Gasteiger partial charge in [-0.15, -0.1) is 0 Å². The zero-order valence-electron chi connectivity index (χ0n) is 15.6. The molecule has 1 fully saturated rings. The highest BCUT2D eigenvalue weighted by Gasteiger charge is 2.53. The molecule has 0 aliphatic carbocycles. The molecule has 2 aliphatic rings. The maximum Gasteiger partial charge on any atom is 0.358 e. The van der Waals surface area contributed by atoms with Gasteiger partial charge in [-0.05, 0) is 29.2 Å². The van der Waals surface area contributed by atoms with Crippen LogP contribution in [0.15, 0.2) is 29.3 Å². The molecule has 1 aromatic carbocycles. The van der Waals surface area contributed by atoms with Gasteiger partial charge in [0.25, 0.3) is 17.8 Å². The lowest BCUT2D eigenvalue weighted by molar-refractivity contribution is -0.548. The number of amides is 3. The number of rotatable bonds is 4. The van der Waals surface area contributed by atoms with Gasteiger partial charge in [0.05, 0.1) is 7.11 Å². The molecule has 2 aliphatic heterocycles. The summed E-state index contributed by atoms with van der Waals surface area (Å²) in [5.41, 5.74) is 2.14. The Morgan fingerprint density at radius 2 is 1.89 bits per heavy atom. The molecule has 9 heteroatoms. The molecule has 142 valence electrons. The number of fused-ring (bicyclic) bond motifs is 1. The number of imide groups is 1. The van der Waals surface area contributed by atoms with Crippen molar-refractivity contribution in [3.63, 3.8) is 0 Å². The molecule has 0 aromatic heterocycles. The van der Waals surface area contributed by atoms with Gasteiger partial charge in [0.2, 0.25) is 0 Å². The summed E-state index contributed by atoms with van der Waals surface area (Å²) in [5, 5.41) is 0.518. The molecule has 0 saturated carbocycles. The van der Waals surface area contributed by atoms with Gasteiger partial charge in [0.1, 0.15) is 12.3 Å². The molecule has 0 N–H and O–H groups in total. The highest BCUT2D eigenvalue weighted by molar-refractivity contribution is 8.14. The summed E-state index contributed by atoms with van der Waals surface area (Å²) in [4.78, 5) is 43.6. The number of carbonyl (C=O) groups excluding carboxylic acids is 3. The minimum atomic E-state index is -0.695. The van der Waals surface area contributed by atoms with Gasteiger partial charge in [0, 0.05) is 14.1 Å². The van der Waals surface area contributed by atoms with Crippen molar-refractivity contribution in [1.29, 1.82) is 0 Å². The van der Waals surface area contributed by atoms with Crippen molar-refractivity contribution < 1.29 is 23.7 Å². The van der Waals surface area contributed by atoms with E-state index in [2.05, 4.69) is 4.99 Å². The van der Waals surface area contributed by atoms with Crippen LogP contribution in [0.25, 0.3) is 0 Å². The summed E-state index contributed by atoms with van der Waals surface area (Å²) in [6.45, 7) is 2.44. The Labute approximate surface area is 161 Å². The smallest absolute Gasteiger partial charge is 0.358 e. The lowest BCUT2D eigenvalue weighted by atomic mass is 10.1. The van der Waals surface area contributed by atoms with Gasteiger partial charge in [-0.3, -0.25) is 19.4 Å². The van der Waals surface area contributed by atoms with E-state index >= 15 is 0 Å². The van der Waals surface area contributed by atoms with Crippen molar-refractivity contribution in [1.82, 2.24) is 9.80 Å². The number of esters is 1. The van der Waals surface area contributed by atoms with Crippen LogP contribution in [0.1, 0.15) is 11.1 Å². The normalized spacial score (nSPS) is 19.4. The third-order valence-electron chi connectivity index (χ3n) is 4.51. The molecule has 27 heavy (non-hydrogen) atoms. The number of carbonyl (C=O) groups is 3. The van der Waals surface area contributed by atoms with Crippen molar-refractivity contribution >= 4 is 40.7 Å². The van der Waals surface area contributed by atoms with E-state index in [9.17, 15) is 14.4 Å². The number of amidine groups is 2. The van der Waals surface area contributed by atoms with Crippen LogP contribution in [0.3, 0.4) is 0 Å². The standard InChI is InChI=1S/C18H21N4O4S/c1-11-5-7-12(8-6-11)9-22-14-15(19-17(22)27-10-13(23)26-4)20(2)18(25)21(3)16(14)24/h5-8,14H,9-10H2,1-4H3/q+1. The largest absolute Gasteiger partial charge is 0.468 e. The van der Waals surface area contributed by atoms with Crippen LogP contribution in [-0.2, 0) is 20.9 Å². The molecule has 0 radical (unpaired) electrons. The fourth-order valence-electron chi connectivity index (χ4n) is 2.92. The zero-order valence-corrected chi connectivity index (χ0v) is 16.4. The number of aryl methyl sites for hydroxylation is 1. The number of benzene rings is 1. The zero-order chi connectivity index (χ0) is 19.7. The fraction of sp³-hybridized carbons (Fsp3) is 0.389. The van der Waals surface area contributed by atoms with Crippen LogP contribution >= 0.6 is 11.8 Å². The number of thioether (sulfide) groups is 1. The van der Waals surface area contributed by atoms with Crippen molar-refractivity contribution in [2.45, 2.75) is 19.5 Å². The Kier molecular flexibility index (Phi) is 5.31. The third-order valence-corrected chi connectivity index (χ3v) is 5.48. The molecule has 8 nitrogen and oxygen atoms in total. The van der Waals surface area contributed by atoms with Crippen LogP contribution in [0.4, 0.5) is 4.79 Å². The second kappa shape index (κ2) is 7.51. The Balaban J connectivity index is 1.97. The summed E-state index contributed by atoms with van der Waals surface area (Å²) < 4.78 is 6.52. The Hall–Kier alpha value is -2.68. The Morgan fingerprint density at radius 1 is 1.22 bits per heavy atom. The average molecular weight is 389 g/mol. The molecule has 1 unspecified atom stereocenters. The number of nitrogens with zero attached hydrogens (tertiary/aromatic N) is 4. The summed E-state index contributed by atoms with van der Waals surface area (Å²) >= 11 is 1.19. The SMILES string of the molecule is COC(=O)CSC1=[N+](Cc2ccc(C)cc2)C2C(=O)N(C)C(=O)N(C)C2=N1. The van der Waals surface area contributed by atoms with E-state index in [1.54, 1.807) is 7.05 Å². The number of aliphatic imine (C=N–C) groups is 1. The van der Waals surface area contributed by atoms with Crippen LogP contribution < -0.4 is 0 Å². The predicted octanol–water partition coefficient (Wildman–Crippen LogP) is 1.07. The van der Waals surface area contributed by atoms with Gasteiger partial charge >= 0.3 is 17.2 Å². The number of likely N-dealkylation sites (N-methyl/N-ethyl adjacent to an activating group) is 2. The van der Waals surface area contributed by atoms with Gasteiger partial charge in [-0.2, -0.15) is 0 Å². The first-order chi connectivity index (χ1) is 12.8. The maximum atomic E-state index is 12.8. The maximum absolute atomic E-state index is 12.8. The van der Waals surface area contributed by atoms with E-state index in [1.165, 1.54) is 30.8 Å². The van der Waals surface area contributed by atoms with E-state index in [0.717, 1.165) is 16.0 Å². The first-order valence-corrected chi connectivity index (χ1v) is 9.34. The quantitative estimate of drug-likeness (QED) is 0.568. The van der Waals surface area contributed by atoms with E-state index in [0.29, 0.717) is 17.5 Å². The van der Waals surface area contributed by atoms with Gasteiger partial charge in [0.15, 0.2) is 0 Å². The fourth-order valence-corrected chi connectivity index (χ4v) is 3.78. The molecule has 1 saturated heterocycles. The van der Waals surface area contributed by atoms with E-state index in [1.807, 2.05) is 35.8 Å². The van der Waals surface area contributed by atoms with Crippen molar-refractivity contribution in [2.75, 3.05) is 27.0 Å². The van der Waals surface area contributed by atoms with Crippen molar-refractivity contribution in [3.05, 3.63) is 35.4 Å². The molecule has 3 rings (SSSR count). The van der Waals surface area contributed by atoms with Gasteiger partial charge in [-0.25, -0.2) is 9.37 Å². The summed E-state index contributed by atoms with van der Waals surface area (Å²) in [5.74, 6) is -0.271. The Bertz CT molecular complexity index is 863. The van der Waals surface area contributed by atoms with Crippen LogP contribution in [0.2, 0.25) is 0 Å². The van der Waals surface area contributed by atoms with Crippen LogP contribution in [-0.4, -0.2) is 76.3 Å². The molecule has 0 spiro atoms. The van der Waals surface area contributed by atoms with Crippen LogP contribution in [0.5, 0.6) is 0 Å². The monoisotopic (exact) mass is 389 g/mol. The Morgan fingerprint density at radius 3 is 2.52 bits per heavy atom. The summed E-state index contributed by atoms with van der Waals surface area (Å²) in [7, 11) is 4.37. The number of hydrogen-bond donors (Lipinski definition) is 0. The van der Waals surface area contributed by atoms with Crippen molar-refractivity contribution in [3.8, 4) is 0 Å². The average Bonchev–Trinajstić information content (AvgIpc) is 3.02. The number of hydrogen-bond acceptors (Lipinski definition) is 6. The topological polar surface area (TPSA) is 82.3 Å². The molecule has 1 atom stereocenters. The lowest BCUT2D eigenvalue weighted by Gasteiger charge is -2.30. The number of methoxy groups -OCH3 is 1. The second-order valence-electron chi connectivity index (χ2n) is 6.37. The highest BCUT2D eigenvalue weighted by Crippen LogP contribution is 2.24. The van der Waals surface area contributed by atoms with Crippen molar-refractivity contribution in [2.24, 2.45) is 4.99 Å². The van der Waals surface area contributed by atoms with E-state index in [-0.39, 0.29) is 17.6 Å². The molecule has 1 aromatic rings. The van der Waals surface area contributed by atoms with Crippen LogP contribution in [0, 0.1) is 6.92 Å². The van der Waals surface area contributed by atoms with Gasteiger partial charge < -0.3 is 4.74 Å². The first-order valence-electron chi connectivity index (χ1n) is 8.36. The molecule has 2 heterocycles. The number of ether oxygens (including phenoxy) is 1. The molecular weight excluding hydrogens is 368 g/mol. The van der Waals surface area contributed by atoms with E-state index in [4.69, 9.17) is 4.74 Å². The second-order valence-corrected chi connectivity index (χ2v) is 7.31. The van der Waals surface area contributed by atoms with E-state index < -0.39 is 12.1 Å². The summed E-state index contributed by atoms with van der Waals surface area (Å²) in [6.07, 6.45) is 0. The summed E-state index contributed by atoms with van der Waals surface area (Å²) in [6, 6.07) is 6.85. The number of urea groups is 1. The minimum absolute atomic E-state index is 0.0709. The first kappa shape index (κ1) is 19.1. The third kappa shape index (κ3) is 3.59. The molecule has 0 bridgehead atoms. The molecular formula is C18H21N4O4S+.